The van der Waals surface area contributed by atoms with E-state index in [2.05, 4.69) is 10.1 Å². The lowest BCUT2D eigenvalue weighted by molar-refractivity contribution is 0.0136. The molecule has 0 fully saturated rings. The van der Waals surface area contributed by atoms with Crippen LogP contribution in [-0.2, 0) is 4.74 Å². The third-order valence-corrected chi connectivity index (χ3v) is 2.85. The van der Waals surface area contributed by atoms with Gasteiger partial charge in [0, 0.05) is 0 Å². The fourth-order valence-corrected chi connectivity index (χ4v) is 1.73. The molecule has 0 saturated heterocycles. The number of hydrogen-bond acceptors (Lipinski definition) is 5. The van der Waals surface area contributed by atoms with Crippen molar-refractivity contribution < 1.29 is 28.5 Å². The quantitative estimate of drug-likeness (QED) is 0.674. The van der Waals surface area contributed by atoms with Crippen LogP contribution in [-0.4, -0.2) is 43.0 Å². The Hall–Kier alpha value is -1.57. The third-order valence-electron chi connectivity index (χ3n) is 2.85. The first kappa shape index (κ1) is 16.5. The van der Waals surface area contributed by atoms with Gasteiger partial charge in [-0.2, -0.15) is 0 Å². The normalized spacial score (nSPS) is 13.9. The van der Waals surface area contributed by atoms with Crippen LogP contribution in [0.15, 0.2) is 12.1 Å². The van der Waals surface area contributed by atoms with Crippen molar-refractivity contribution in [2.75, 3.05) is 20.7 Å². The van der Waals surface area contributed by atoms with E-state index in [-0.39, 0.29) is 12.0 Å². The van der Waals surface area contributed by atoms with E-state index in [9.17, 15) is 23.8 Å². The minimum absolute atomic E-state index is 0.142. The van der Waals surface area contributed by atoms with Gasteiger partial charge in [-0.3, -0.25) is 0 Å². The molecule has 0 spiro atoms. The van der Waals surface area contributed by atoms with Crippen LogP contribution in [0.4, 0.5) is 8.78 Å². The summed E-state index contributed by atoms with van der Waals surface area (Å²) in [6.07, 6.45) is -2.41. The van der Waals surface area contributed by atoms with E-state index < -0.39 is 35.4 Å². The molecule has 0 heterocycles. The van der Waals surface area contributed by atoms with Gasteiger partial charge in [-0.25, -0.2) is 13.6 Å². The summed E-state index contributed by atoms with van der Waals surface area (Å²) in [5, 5.41) is 22.3. The molecule has 5 nitrogen and oxygen atoms in total. The fraction of sp³-hybridized carbons (Fsp3) is 0.462. The minimum Gasteiger partial charge on any atom is -0.465 e. The predicted octanol–water partition coefficient (Wildman–Crippen LogP) is 0.755. The lowest BCUT2D eigenvalue weighted by Crippen LogP contribution is -2.24. The first-order chi connectivity index (χ1) is 9.42. The largest absolute Gasteiger partial charge is 0.465 e. The third kappa shape index (κ3) is 3.72. The lowest BCUT2D eigenvalue weighted by Gasteiger charge is -2.18. The molecular weight excluding hydrogens is 272 g/mol. The van der Waals surface area contributed by atoms with Crippen LogP contribution in [0.25, 0.3) is 0 Å². The average molecular weight is 289 g/mol. The van der Waals surface area contributed by atoms with Crippen LogP contribution in [0.3, 0.4) is 0 Å². The summed E-state index contributed by atoms with van der Waals surface area (Å²) in [6.45, 7) is 0.434. The number of methoxy groups -OCH3 is 1. The predicted molar refractivity (Wildman–Crippen MR) is 67.2 cm³/mol. The zero-order valence-electron chi connectivity index (χ0n) is 11.2. The molecule has 0 bridgehead atoms. The van der Waals surface area contributed by atoms with Crippen molar-refractivity contribution in [1.82, 2.24) is 5.32 Å². The van der Waals surface area contributed by atoms with Crippen molar-refractivity contribution in [1.29, 1.82) is 0 Å². The van der Waals surface area contributed by atoms with E-state index in [1.54, 1.807) is 7.05 Å². The Morgan fingerprint density at radius 2 is 1.90 bits per heavy atom. The Morgan fingerprint density at radius 1 is 1.35 bits per heavy atom. The number of esters is 1. The molecule has 7 heteroatoms. The van der Waals surface area contributed by atoms with Gasteiger partial charge in [0.1, 0.15) is 23.3 Å². The van der Waals surface area contributed by atoms with Crippen LogP contribution in [0.5, 0.6) is 0 Å². The highest BCUT2D eigenvalue weighted by Gasteiger charge is 2.24. The van der Waals surface area contributed by atoms with Crippen LogP contribution >= 0.6 is 0 Å². The standard InChI is InChI=1S/C13H17F2NO4/c1-16-4-3-10(17)12(18)7-5-8(14)11(9(15)6-7)13(19)20-2/h5-6,10,12,16-18H,3-4H2,1-2H3. The molecule has 0 radical (unpaired) electrons. The molecule has 0 aliphatic carbocycles. The average Bonchev–Trinajstić information content (AvgIpc) is 2.42. The highest BCUT2D eigenvalue weighted by atomic mass is 19.1. The second-order valence-electron chi connectivity index (χ2n) is 4.26. The summed E-state index contributed by atoms with van der Waals surface area (Å²) < 4.78 is 31.6. The molecule has 1 aromatic carbocycles. The number of carbonyl (C=O) groups excluding carboxylic acids is 1. The molecular formula is C13H17F2NO4. The van der Waals surface area contributed by atoms with Crippen molar-refractivity contribution in [3.8, 4) is 0 Å². The van der Waals surface area contributed by atoms with Gasteiger partial charge in [0.2, 0.25) is 0 Å². The Bertz CT molecular complexity index is 458. The number of benzene rings is 1. The maximum atomic E-state index is 13.7. The zero-order valence-corrected chi connectivity index (χ0v) is 11.2. The van der Waals surface area contributed by atoms with Gasteiger partial charge < -0.3 is 20.3 Å². The molecule has 2 atom stereocenters. The van der Waals surface area contributed by atoms with E-state index in [1.165, 1.54) is 0 Å². The Kier molecular flexibility index (Phi) is 6.00. The SMILES string of the molecule is CNCCC(O)C(O)c1cc(F)c(C(=O)OC)c(F)c1. The molecule has 112 valence electrons. The van der Waals surface area contributed by atoms with Gasteiger partial charge in [-0.15, -0.1) is 0 Å². The summed E-state index contributed by atoms with van der Waals surface area (Å²) in [7, 11) is 2.68. The van der Waals surface area contributed by atoms with Gasteiger partial charge in [-0.05, 0) is 37.7 Å². The van der Waals surface area contributed by atoms with E-state index in [0.29, 0.717) is 6.54 Å². The molecule has 0 aliphatic rings. The van der Waals surface area contributed by atoms with E-state index >= 15 is 0 Å². The van der Waals surface area contributed by atoms with Crippen molar-refractivity contribution in [2.24, 2.45) is 0 Å². The Balaban J connectivity index is 3.01. The Morgan fingerprint density at radius 3 is 2.35 bits per heavy atom. The monoisotopic (exact) mass is 289 g/mol. The van der Waals surface area contributed by atoms with Crippen molar-refractivity contribution in [3.05, 3.63) is 34.9 Å². The summed E-state index contributed by atoms with van der Waals surface area (Å²) in [6, 6.07) is 1.62. The summed E-state index contributed by atoms with van der Waals surface area (Å²) in [5.74, 6) is -3.43. The summed E-state index contributed by atoms with van der Waals surface area (Å²) in [5.41, 5.74) is -0.968. The number of carbonyl (C=O) groups is 1. The van der Waals surface area contributed by atoms with E-state index in [4.69, 9.17) is 0 Å². The number of rotatable bonds is 6. The molecule has 0 amide bonds. The van der Waals surface area contributed by atoms with E-state index in [0.717, 1.165) is 19.2 Å². The molecule has 1 aromatic rings. The molecule has 20 heavy (non-hydrogen) atoms. The first-order valence-electron chi connectivity index (χ1n) is 6.00. The van der Waals surface area contributed by atoms with Crippen molar-refractivity contribution in [3.63, 3.8) is 0 Å². The fourth-order valence-electron chi connectivity index (χ4n) is 1.73. The van der Waals surface area contributed by atoms with Crippen molar-refractivity contribution in [2.45, 2.75) is 18.6 Å². The van der Waals surface area contributed by atoms with Crippen LogP contribution < -0.4 is 5.32 Å². The van der Waals surface area contributed by atoms with Gasteiger partial charge >= 0.3 is 5.97 Å². The smallest absolute Gasteiger partial charge is 0.343 e. The zero-order chi connectivity index (χ0) is 15.3. The molecule has 3 N–H and O–H groups in total. The summed E-state index contributed by atoms with van der Waals surface area (Å²) in [4.78, 5) is 11.2. The van der Waals surface area contributed by atoms with Gasteiger partial charge in [0.25, 0.3) is 0 Å². The number of ether oxygens (including phenoxy) is 1. The molecule has 0 saturated carbocycles. The molecule has 0 aromatic heterocycles. The van der Waals surface area contributed by atoms with Gasteiger partial charge in [-0.1, -0.05) is 0 Å². The molecule has 0 aliphatic heterocycles. The van der Waals surface area contributed by atoms with Gasteiger partial charge in [0.05, 0.1) is 13.2 Å². The Labute approximate surface area is 115 Å². The number of halogens is 2. The molecule has 2 unspecified atom stereocenters. The maximum Gasteiger partial charge on any atom is 0.343 e. The highest BCUT2D eigenvalue weighted by molar-refractivity contribution is 5.90. The number of hydrogen-bond donors (Lipinski definition) is 3. The summed E-state index contributed by atoms with van der Waals surface area (Å²) >= 11 is 0. The van der Waals surface area contributed by atoms with Crippen LogP contribution in [0, 0.1) is 11.6 Å². The highest BCUT2D eigenvalue weighted by Crippen LogP contribution is 2.24. The second kappa shape index (κ2) is 7.28. The number of aliphatic hydroxyl groups is 2. The molecule has 1 rings (SSSR count). The van der Waals surface area contributed by atoms with Crippen molar-refractivity contribution >= 4 is 5.97 Å². The topological polar surface area (TPSA) is 78.8 Å². The van der Waals surface area contributed by atoms with Crippen LogP contribution in [0.1, 0.15) is 28.4 Å². The second-order valence-corrected chi connectivity index (χ2v) is 4.26. The lowest BCUT2D eigenvalue weighted by atomic mass is 10.00. The maximum absolute atomic E-state index is 13.7. The minimum atomic E-state index is -1.45. The van der Waals surface area contributed by atoms with Crippen LogP contribution in [0.2, 0.25) is 0 Å². The first-order valence-corrected chi connectivity index (χ1v) is 6.00. The van der Waals surface area contributed by atoms with E-state index in [1.807, 2.05) is 0 Å². The number of nitrogens with one attached hydrogen (secondary N) is 1. The van der Waals surface area contributed by atoms with Gasteiger partial charge in [0.15, 0.2) is 0 Å². The number of aliphatic hydroxyl groups excluding tert-OH is 2.